The van der Waals surface area contributed by atoms with Gasteiger partial charge in [0, 0.05) is 0 Å². The first kappa shape index (κ1) is 32.8. The summed E-state index contributed by atoms with van der Waals surface area (Å²) in [6, 6.07) is 30.2. The first-order valence-electron chi connectivity index (χ1n) is 15.5. The number of aliphatic hydroxyl groups excluding tert-OH is 1. The van der Waals surface area contributed by atoms with Gasteiger partial charge in [-0.15, -0.1) is 0 Å². The summed E-state index contributed by atoms with van der Waals surface area (Å²) in [5.74, 6) is 0. The molecule has 222 valence electrons. The molecule has 0 aromatic heterocycles. The number of unbranched alkanes of at least 4 members (excludes halogenated alkanes) is 8. The van der Waals surface area contributed by atoms with Crippen molar-refractivity contribution in [1.82, 2.24) is 0 Å². The molecule has 0 saturated carbocycles. The van der Waals surface area contributed by atoms with E-state index in [1.54, 1.807) is 0 Å². The molecule has 0 fully saturated rings. The van der Waals surface area contributed by atoms with Crippen molar-refractivity contribution in [3.63, 3.8) is 0 Å². The molecule has 41 heavy (non-hydrogen) atoms. The van der Waals surface area contributed by atoms with Gasteiger partial charge >= 0.3 is 0 Å². The normalized spacial score (nSPS) is 13.8. The molecule has 0 radical (unpaired) electrons. The van der Waals surface area contributed by atoms with Crippen molar-refractivity contribution in [2.45, 2.75) is 103 Å². The molecule has 0 aliphatic heterocycles. The van der Waals surface area contributed by atoms with Gasteiger partial charge < -0.3 is 19.3 Å². The van der Waals surface area contributed by atoms with Crippen molar-refractivity contribution < 1.29 is 19.3 Å². The van der Waals surface area contributed by atoms with E-state index in [1.807, 2.05) is 78.9 Å². The molecule has 0 heterocycles. The zero-order valence-electron chi connectivity index (χ0n) is 24.9. The lowest BCUT2D eigenvalue weighted by Gasteiger charge is -2.29. The van der Waals surface area contributed by atoms with Crippen molar-refractivity contribution in [1.29, 1.82) is 0 Å². The Balaban J connectivity index is 1.62. The molecular formula is C37H50O4. The standard InChI is InChI=1S/C37H50O4/c1-2-3-4-5-6-7-8-9-10-20-27-36(40-29-33-23-16-12-17-24-33)37(41-30-34-25-18-13-19-26-34)35(38)31-39-28-32-21-14-11-15-22-32/h11-27,35-38H,2-10,28-31H2,1H3/b27-20+/t35-,36-,37+/m1/s1. The van der Waals surface area contributed by atoms with Gasteiger partial charge in [-0.3, -0.25) is 0 Å². The fourth-order valence-corrected chi connectivity index (χ4v) is 4.81. The monoisotopic (exact) mass is 558 g/mol. The highest BCUT2D eigenvalue weighted by Gasteiger charge is 2.29. The predicted octanol–water partition coefficient (Wildman–Crippen LogP) is 8.82. The second-order valence-corrected chi connectivity index (χ2v) is 10.8. The zero-order valence-corrected chi connectivity index (χ0v) is 24.9. The van der Waals surface area contributed by atoms with Crippen LogP contribution in [0.25, 0.3) is 0 Å². The summed E-state index contributed by atoms with van der Waals surface area (Å²) in [6.07, 6.45) is 13.8. The lowest BCUT2D eigenvalue weighted by Crippen LogP contribution is -2.42. The average Bonchev–Trinajstić information content (AvgIpc) is 3.02. The van der Waals surface area contributed by atoms with E-state index in [9.17, 15) is 5.11 Å². The molecule has 4 nitrogen and oxygen atoms in total. The Morgan fingerprint density at radius 2 is 1.10 bits per heavy atom. The quantitative estimate of drug-likeness (QED) is 0.0989. The van der Waals surface area contributed by atoms with Crippen molar-refractivity contribution >= 4 is 0 Å². The molecule has 0 saturated heterocycles. The summed E-state index contributed by atoms with van der Waals surface area (Å²) in [5.41, 5.74) is 3.22. The van der Waals surface area contributed by atoms with Crippen LogP contribution in [0.3, 0.4) is 0 Å². The summed E-state index contributed by atoms with van der Waals surface area (Å²) in [4.78, 5) is 0. The molecule has 1 N–H and O–H groups in total. The van der Waals surface area contributed by atoms with E-state index in [4.69, 9.17) is 14.2 Å². The van der Waals surface area contributed by atoms with E-state index in [1.165, 1.54) is 44.9 Å². The Morgan fingerprint density at radius 3 is 1.66 bits per heavy atom. The highest BCUT2D eigenvalue weighted by molar-refractivity contribution is 5.15. The Hall–Kier alpha value is -2.76. The van der Waals surface area contributed by atoms with Gasteiger partial charge in [-0.2, -0.15) is 0 Å². The molecule has 0 bridgehead atoms. The molecule has 0 aliphatic carbocycles. The average molecular weight is 559 g/mol. The number of ether oxygens (including phenoxy) is 3. The molecule has 4 heteroatoms. The van der Waals surface area contributed by atoms with Crippen LogP contribution in [0, 0.1) is 0 Å². The summed E-state index contributed by atoms with van der Waals surface area (Å²) in [6.45, 7) is 3.68. The lowest BCUT2D eigenvalue weighted by atomic mass is 10.0. The zero-order chi connectivity index (χ0) is 28.8. The van der Waals surface area contributed by atoms with Gasteiger partial charge in [-0.1, -0.05) is 155 Å². The summed E-state index contributed by atoms with van der Waals surface area (Å²) in [5, 5.41) is 11.3. The third-order valence-corrected chi connectivity index (χ3v) is 7.22. The van der Waals surface area contributed by atoms with Crippen LogP contribution in [0.4, 0.5) is 0 Å². The number of hydrogen-bond acceptors (Lipinski definition) is 4. The largest absolute Gasteiger partial charge is 0.388 e. The Labute approximate surface area is 248 Å². The Morgan fingerprint density at radius 1 is 0.610 bits per heavy atom. The van der Waals surface area contributed by atoms with Gasteiger partial charge in [-0.05, 0) is 29.5 Å². The highest BCUT2D eigenvalue weighted by atomic mass is 16.6. The first-order chi connectivity index (χ1) is 20.3. The SMILES string of the molecule is CCCCCCCCCC/C=C/[C@@H](OCc1ccccc1)[C@@H](OCc1ccccc1)[C@H](O)COCc1ccccc1. The van der Waals surface area contributed by atoms with Crippen LogP contribution >= 0.6 is 0 Å². The van der Waals surface area contributed by atoms with E-state index in [2.05, 4.69) is 31.2 Å². The van der Waals surface area contributed by atoms with Crippen LogP contribution in [-0.4, -0.2) is 30.0 Å². The van der Waals surface area contributed by atoms with Gasteiger partial charge in [0.05, 0.1) is 26.4 Å². The number of aliphatic hydroxyl groups is 1. The first-order valence-corrected chi connectivity index (χ1v) is 15.5. The molecule has 0 aliphatic rings. The predicted molar refractivity (Wildman–Crippen MR) is 169 cm³/mol. The van der Waals surface area contributed by atoms with Gasteiger partial charge in [-0.25, -0.2) is 0 Å². The van der Waals surface area contributed by atoms with Crippen LogP contribution in [0.15, 0.2) is 103 Å². The molecule has 0 spiro atoms. The van der Waals surface area contributed by atoms with E-state index in [0.29, 0.717) is 19.8 Å². The minimum Gasteiger partial charge on any atom is -0.388 e. The van der Waals surface area contributed by atoms with Crippen LogP contribution in [0.1, 0.15) is 81.4 Å². The van der Waals surface area contributed by atoms with Crippen LogP contribution in [-0.2, 0) is 34.0 Å². The maximum absolute atomic E-state index is 11.3. The summed E-state index contributed by atoms with van der Waals surface area (Å²) < 4.78 is 18.7. The fraction of sp³-hybridized carbons (Fsp3) is 0.459. The van der Waals surface area contributed by atoms with Crippen molar-refractivity contribution in [3.8, 4) is 0 Å². The molecule has 3 aromatic rings. The third kappa shape index (κ3) is 14.1. The highest BCUT2D eigenvalue weighted by Crippen LogP contribution is 2.18. The number of hydrogen-bond donors (Lipinski definition) is 1. The Kier molecular flexibility index (Phi) is 16.8. The van der Waals surface area contributed by atoms with Crippen molar-refractivity contribution in [2.75, 3.05) is 6.61 Å². The molecular weight excluding hydrogens is 508 g/mol. The van der Waals surface area contributed by atoms with E-state index < -0.39 is 18.3 Å². The second kappa shape index (κ2) is 21.0. The smallest absolute Gasteiger partial charge is 0.116 e. The third-order valence-electron chi connectivity index (χ3n) is 7.22. The Bertz CT molecular complexity index is 1040. The molecule has 0 unspecified atom stereocenters. The van der Waals surface area contributed by atoms with E-state index >= 15 is 0 Å². The van der Waals surface area contributed by atoms with Gasteiger partial charge in [0.1, 0.15) is 18.3 Å². The number of benzene rings is 3. The molecule has 3 aromatic carbocycles. The van der Waals surface area contributed by atoms with Crippen LogP contribution in [0.5, 0.6) is 0 Å². The fourth-order valence-electron chi connectivity index (χ4n) is 4.81. The summed E-state index contributed by atoms with van der Waals surface area (Å²) in [7, 11) is 0. The molecule has 3 atom stereocenters. The van der Waals surface area contributed by atoms with Crippen LogP contribution in [0.2, 0.25) is 0 Å². The van der Waals surface area contributed by atoms with Crippen molar-refractivity contribution in [2.24, 2.45) is 0 Å². The second-order valence-electron chi connectivity index (χ2n) is 10.8. The van der Waals surface area contributed by atoms with E-state index in [-0.39, 0.29) is 6.61 Å². The molecule has 3 rings (SSSR count). The minimum absolute atomic E-state index is 0.158. The van der Waals surface area contributed by atoms with E-state index in [0.717, 1.165) is 29.5 Å². The topological polar surface area (TPSA) is 47.9 Å². The van der Waals surface area contributed by atoms with Crippen molar-refractivity contribution in [3.05, 3.63) is 120 Å². The van der Waals surface area contributed by atoms with Gasteiger partial charge in [0.2, 0.25) is 0 Å². The minimum atomic E-state index is -0.851. The number of rotatable bonds is 22. The maximum atomic E-state index is 11.3. The lowest BCUT2D eigenvalue weighted by molar-refractivity contribution is -0.133. The van der Waals surface area contributed by atoms with Gasteiger partial charge in [0.15, 0.2) is 0 Å². The van der Waals surface area contributed by atoms with Gasteiger partial charge in [0.25, 0.3) is 0 Å². The number of allylic oxidation sites excluding steroid dienone is 1. The maximum Gasteiger partial charge on any atom is 0.116 e. The molecule has 0 amide bonds. The van der Waals surface area contributed by atoms with Crippen LogP contribution < -0.4 is 0 Å². The summed E-state index contributed by atoms with van der Waals surface area (Å²) >= 11 is 0.